The van der Waals surface area contributed by atoms with Crippen LogP contribution in [0.5, 0.6) is 5.75 Å². The third kappa shape index (κ3) is 5.62. The lowest BCUT2D eigenvalue weighted by Crippen LogP contribution is -2.56. The van der Waals surface area contributed by atoms with Crippen LogP contribution in [0.25, 0.3) is 0 Å². The fourth-order valence-electron chi connectivity index (χ4n) is 3.16. The third-order valence-corrected chi connectivity index (χ3v) is 4.70. The summed E-state index contributed by atoms with van der Waals surface area (Å²) in [6, 6.07) is 7.96. The van der Waals surface area contributed by atoms with Crippen molar-refractivity contribution in [1.29, 1.82) is 0 Å². The van der Waals surface area contributed by atoms with E-state index in [2.05, 4.69) is 5.32 Å². The number of nitrogens with zero attached hydrogens (tertiary/aromatic N) is 2. The van der Waals surface area contributed by atoms with Gasteiger partial charge in [-0.3, -0.25) is 9.69 Å². The minimum atomic E-state index is -0.811. The number of rotatable bonds is 9. The molecule has 0 heterocycles. The second-order valence-corrected chi connectivity index (χ2v) is 6.66. The number of hydrogen-bond donors (Lipinski definition) is 2. The summed E-state index contributed by atoms with van der Waals surface area (Å²) in [7, 11) is 1.77. The first-order valence-electron chi connectivity index (χ1n) is 9.12. The maximum absolute atomic E-state index is 12.3. The van der Waals surface area contributed by atoms with Crippen LogP contribution < -0.4 is 10.1 Å². The van der Waals surface area contributed by atoms with Gasteiger partial charge < -0.3 is 20.1 Å². The van der Waals surface area contributed by atoms with Crippen LogP contribution in [-0.2, 0) is 11.3 Å². The van der Waals surface area contributed by atoms with E-state index >= 15 is 0 Å². The summed E-state index contributed by atoms with van der Waals surface area (Å²) in [5, 5.41) is 11.9. The van der Waals surface area contributed by atoms with Crippen LogP contribution in [0.1, 0.15) is 32.3 Å². The van der Waals surface area contributed by atoms with Crippen LogP contribution in [0.2, 0.25) is 0 Å². The van der Waals surface area contributed by atoms with Crippen LogP contribution in [-0.4, -0.2) is 65.7 Å². The molecular weight excluding hydrogens is 334 g/mol. The number of carboxylic acid groups (broad SMARTS) is 1. The fraction of sp³-hybridized carbons (Fsp3) is 0.579. The average molecular weight is 363 g/mol. The molecule has 0 aromatic heterocycles. The van der Waals surface area contributed by atoms with Gasteiger partial charge in [-0.15, -0.1) is 0 Å². The Morgan fingerprint density at radius 3 is 2.42 bits per heavy atom. The fourth-order valence-corrected chi connectivity index (χ4v) is 3.16. The summed E-state index contributed by atoms with van der Waals surface area (Å²) in [5.41, 5.74) is 1.04. The van der Waals surface area contributed by atoms with Gasteiger partial charge in [0.1, 0.15) is 5.75 Å². The first-order valence-corrected chi connectivity index (χ1v) is 9.12. The summed E-state index contributed by atoms with van der Waals surface area (Å²) in [4.78, 5) is 26.8. The van der Waals surface area contributed by atoms with Gasteiger partial charge in [0.25, 0.3) is 0 Å². The predicted molar refractivity (Wildman–Crippen MR) is 99.3 cm³/mol. The second kappa shape index (κ2) is 9.43. The Kier molecular flexibility index (Phi) is 7.26. The number of ether oxygens (including phenoxy) is 1. The Bertz CT molecular complexity index is 599. The van der Waals surface area contributed by atoms with E-state index in [1.165, 1.54) is 0 Å². The van der Waals surface area contributed by atoms with Crippen LogP contribution in [0.4, 0.5) is 4.79 Å². The van der Waals surface area contributed by atoms with Crippen molar-refractivity contribution in [3.05, 3.63) is 29.8 Å². The Morgan fingerprint density at radius 2 is 1.88 bits per heavy atom. The normalized spacial score (nSPS) is 18.9. The first-order chi connectivity index (χ1) is 12.4. The molecule has 0 saturated heterocycles. The zero-order valence-electron chi connectivity index (χ0n) is 15.8. The Balaban J connectivity index is 1.75. The molecule has 0 radical (unpaired) electrons. The molecule has 2 rings (SSSR count). The summed E-state index contributed by atoms with van der Waals surface area (Å²) in [6.45, 7) is 5.81. The van der Waals surface area contributed by atoms with Crippen molar-refractivity contribution in [2.24, 2.45) is 0 Å². The highest BCUT2D eigenvalue weighted by atomic mass is 16.5. The molecule has 0 aliphatic heterocycles. The standard InChI is InChI=1S/C19H29N3O4/c1-4-22(13-18(23)24)16-10-15(11-16)20-19(25)21(3)12-14-6-8-17(9-7-14)26-5-2/h6-9,15-16H,4-5,10-13H2,1-3H3,(H,20,25)(H,23,24). The van der Waals surface area contributed by atoms with E-state index in [4.69, 9.17) is 9.84 Å². The molecule has 1 aromatic rings. The summed E-state index contributed by atoms with van der Waals surface area (Å²) in [5.74, 6) is 0.0140. The highest BCUT2D eigenvalue weighted by Crippen LogP contribution is 2.25. The van der Waals surface area contributed by atoms with E-state index in [9.17, 15) is 9.59 Å². The van der Waals surface area contributed by atoms with Gasteiger partial charge in [0.2, 0.25) is 0 Å². The highest BCUT2D eigenvalue weighted by molar-refractivity contribution is 5.74. The van der Waals surface area contributed by atoms with Crippen molar-refractivity contribution in [1.82, 2.24) is 15.1 Å². The molecule has 7 heteroatoms. The van der Waals surface area contributed by atoms with Gasteiger partial charge in [0, 0.05) is 25.7 Å². The number of carbonyl (C=O) groups excluding carboxylic acids is 1. The first kappa shape index (κ1) is 20.0. The summed E-state index contributed by atoms with van der Waals surface area (Å²) >= 11 is 0. The summed E-state index contributed by atoms with van der Waals surface area (Å²) < 4.78 is 5.42. The van der Waals surface area contributed by atoms with E-state index in [1.54, 1.807) is 11.9 Å². The Morgan fingerprint density at radius 1 is 1.23 bits per heavy atom. The number of benzene rings is 1. The lowest BCUT2D eigenvalue weighted by atomic mass is 9.85. The molecule has 1 aliphatic rings. The van der Waals surface area contributed by atoms with Gasteiger partial charge in [-0.1, -0.05) is 19.1 Å². The van der Waals surface area contributed by atoms with Crippen molar-refractivity contribution >= 4 is 12.0 Å². The number of nitrogens with one attached hydrogen (secondary N) is 1. The van der Waals surface area contributed by atoms with Gasteiger partial charge in [0.05, 0.1) is 13.2 Å². The topological polar surface area (TPSA) is 82.1 Å². The van der Waals surface area contributed by atoms with E-state index in [1.807, 2.05) is 43.0 Å². The SMILES string of the molecule is CCOc1ccc(CN(C)C(=O)NC2CC(N(CC)CC(=O)O)C2)cc1. The van der Waals surface area contributed by atoms with E-state index in [0.717, 1.165) is 24.2 Å². The summed E-state index contributed by atoms with van der Waals surface area (Å²) in [6.07, 6.45) is 1.59. The van der Waals surface area contributed by atoms with Gasteiger partial charge in [-0.2, -0.15) is 0 Å². The number of hydrogen-bond acceptors (Lipinski definition) is 4. The number of carboxylic acids is 1. The number of carbonyl (C=O) groups is 2. The molecule has 7 nitrogen and oxygen atoms in total. The molecule has 0 unspecified atom stereocenters. The predicted octanol–water partition coefficient (Wildman–Crippen LogP) is 2.16. The van der Waals surface area contributed by atoms with Crippen LogP contribution in [0.15, 0.2) is 24.3 Å². The van der Waals surface area contributed by atoms with Gasteiger partial charge >= 0.3 is 12.0 Å². The monoisotopic (exact) mass is 363 g/mol. The minimum Gasteiger partial charge on any atom is -0.494 e. The van der Waals surface area contributed by atoms with Crippen molar-refractivity contribution in [3.8, 4) is 5.75 Å². The van der Waals surface area contributed by atoms with Crippen molar-refractivity contribution < 1.29 is 19.4 Å². The largest absolute Gasteiger partial charge is 0.494 e. The molecule has 1 aromatic carbocycles. The number of likely N-dealkylation sites (N-methyl/N-ethyl adjacent to an activating group) is 1. The van der Waals surface area contributed by atoms with Crippen LogP contribution in [0.3, 0.4) is 0 Å². The lowest BCUT2D eigenvalue weighted by Gasteiger charge is -2.42. The molecule has 0 spiro atoms. The van der Waals surface area contributed by atoms with Crippen molar-refractivity contribution in [2.45, 2.75) is 45.3 Å². The highest BCUT2D eigenvalue weighted by Gasteiger charge is 2.35. The zero-order chi connectivity index (χ0) is 19.1. The third-order valence-electron chi connectivity index (χ3n) is 4.70. The molecule has 1 aliphatic carbocycles. The van der Waals surface area contributed by atoms with Gasteiger partial charge in [0.15, 0.2) is 0 Å². The lowest BCUT2D eigenvalue weighted by molar-refractivity contribution is -0.139. The molecule has 26 heavy (non-hydrogen) atoms. The second-order valence-electron chi connectivity index (χ2n) is 6.66. The number of amides is 2. The molecule has 2 amide bonds. The molecule has 1 saturated carbocycles. The van der Waals surface area contributed by atoms with E-state index < -0.39 is 5.97 Å². The Hall–Kier alpha value is -2.28. The maximum atomic E-state index is 12.3. The minimum absolute atomic E-state index is 0.0550. The molecule has 0 bridgehead atoms. The van der Waals surface area contributed by atoms with Crippen molar-refractivity contribution in [2.75, 3.05) is 26.7 Å². The van der Waals surface area contributed by atoms with Crippen molar-refractivity contribution in [3.63, 3.8) is 0 Å². The molecule has 2 N–H and O–H groups in total. The van der Waals surface area contributed by atoms with Gasteiger partial charge in [-0.25, -0.2) is 4.79 Å². The number of aliphatic carboxylic acids is 1. The Labute approximate surface area is 154 Å². The zero-order valence-corrected chi connectivity index (χ0v) is 15.8. The van der Waals surface area contributed by atoms with Crippen LogP contribution in [0, 0.1) is 0 Å². The smallest absolute Gasteiger partial charge is 0.317 e. The van der Waals surface area contributed by atoms with E-state index in [0.29, 0.717) is 19.7 Å². The van der Waals surface area contributed by atoms with Crippen LogP contribution >= 0.6 is 0 Å². The average Bonchev–Trinajstić information content (AvgIpc) is 2.57. The molecule has 0 atom stereocenters. The van der Waals surface area contributed by atoms with Gasteiger partial charge in [-0.05, 0) is 44.0 Å². The quantitative estimate of drug-likeness (QED) is 0.703. The maximum Gasteiger partial charge on any atom is 0.317 e. The molecular formula is C19H29N3O4. The number of urea groups is 1. The molecule has 1 fully saturated rings. The molecule has 144 valence electrons. The van der Waals surface area contributed by atoms with E-state index in [-0.39, 0.29) is 24.7 Å².